The Hall–Kier alpha value is -1.48. The Morgan fingerprint density at radius 2 is 1.93 bits per heavy atom. The van der Waals surface area contributed by atoms with Crippen molar-refractivity contribution in [1.82, 2.24) is 25.4 Å². The molecular weight excluding hydrogens is 421 g/mol. The number of nitrogens with zero attached hydrogens (tertiary/aromatic N) is 3. The van der Waals surface area contributed by atoms with Crippen LogP contribution < -0.4 is 16.2 Å². The van der Waals surface area contributed by atoms with Crippen LogP contribution in [0.2, 0.25) is 0 Å². The van der Waals surface area contributed by atoms with E-state index >= 15 is 0 Å². The van der Waals surface area contributed by atoms with Gasteiger partial charge in [-0.15, -0.1) is 36.2 Å². The number of aromatic nitrogens is 3. The minimum Gasteiger partial charge on any atom is -0.347 e. The van der Waals surface area contributed by atoms with Crippen molar-refractivity contribution in [3.63, 3.8) is 0 Å². The van der Waals surface area contributed by atoms with Gasteiger partial charge in [-0.2, -0.15) is 5.10 Å². The number of nitrogens with one attached hydrogen (secondary N) is 2. The van der Waals surface area contributed by atoms with E-state index in [9.17, 15) is 9.59 Å². The number of aryl methyl sites for hydroxylation is 3. The number of carbonyl (C=O) groups excluding carboxylic acids is 1. The Bertz CT molecular complexity index is 912. The van der Waals surface area contributed by atoms with Crippen LogP contribution in [0.4, 0.5) is 0 Å². The van der Waals surface area contributed by atoms with Gasteiger partial charge in [-0.3, -0.25) is 9.59 Å². The lowest BCUT2D eigenvalue weighted by Crippen LogP contribution is -2.50. The first-order valence-corrected chi connectivity index (χ1v) is 9.65. The molecule has 7 nitrogen and oxygen atoms in total. The SMILES string of the molecule is Cc1nc(-c2c(C)c(C)nn(C)c2=O)sc1C(=O)NC1CNCCC1C.Cl.Cl. The molecule has 2 aromatic heterocycles. The quantitative estimate of drug-likeness (QED) is 0.753. The highest BCUT2D eigenvalue weighted by atomic mass is 35.5. The molecule has 156 valence electrons. The lowest BCUT2D eigenvalue weighted by atomic mass is 9.95. The molecule has 1 aliphatic rings. The van der Waals surface area contributed by atoms with Crippen LogP contribution in [0.3, 0.4) is 0 Å². The van der Waals surface area contributed by atoms with Gasteiger partial charge in [-0.1, -0.05) is 6.92 Å². The molecule has 2 aromatic rings. The van der Waals surface area contributed by atoms with Crippen molar-refractivity contribution in [3.8, 4) is 10.6 Å². The molecule has 2 N–H and O–H groups in total. The summed E-state index contributed by atoms with van der Waals surface area (Å²) in [7, 11) is 1.63. The zero-order valence-electron chi connectivity index (χ0n) is 16.7. The Kier molecular flexibility index (Phi) is 8.62. The summed E-state index contributed by atoms with van der Waals surface area (Å²) >= 11 is 1.27. The predicted molar refractivity (Wildman–Crippen MR) is 117 cm³/mol. The highest BCUT2D eigenvalue weighted by molar-refractivity contribution is 7.17. The molecule has 1 fully saturated rings. The molecule has 0 aromatic carbocycles. The van der Waals surface area contributed by atoms with E-state index in [1.165, 1.54) is 16.0 Å². The van der Waals surface area contributed by atoms with E-state index in [1.54, 1.807) is 7.05 Å². The zero-order chi connectivity index (χ0) is 19.0. The molecule has 1 saturated heterocycles. The van der Waals surface area contributed by atoms with Crippen LogP contribution in [0, 0.1) is 26.7 Å². The summed E-state index contributed by atoms with van der Waals surface area (Å²) in [5.41, 5.74) is 2.57. The Balaban J connectivity index is 0.00000196. The van der Waals surface area contributed by atoms with Gasteiger partial charge < -0.3 is 10.6 Å². The second-order valence-electron chi connectivity index (χ2n) is 7.00. The molecule has 3 rings (SSSR count). The van der Waals surface area contributed by atoms with Crippen LogP contribution >= 0.6 is 36.2 Å². The Morgan fingerprint density at radius 3 is 2.57 bits per heavy atom. The van der Waals surface area contributed by atoms with Crippen LogP contribution in [0.1, 0.15) is 40.0 Å². The first-order chi connectivity index (χ1) is 12.3. The molecule has 2 atom stereocenters. The smallest absolute Gasteiger partial charge is 0.277 e. The number of thiazole rings is 1. The fraction of sp³-hybridized carbons (Fsp3) is 0.556. The largest absolute Gasteiger partial charge is 0.347 e. The van der Waals surface area contributed by atoms with E-state index < -0.39 is 0 Å². The highest BCUT2D eigenvalue weighted by Crippen LogP contribution is 2.28. The maximum absolute atomic E-state index is 12.8. The minimum absolute atomic E-state index is 0. The van der Waals surface area contributed by atoms with E-state index in [1.807, 2.05) is 20.8 Å². The van der Waals surface area contributed by atoms with Crippen LogP contribution in [0.15, 0.2) is 4.79 Å². The molecular formula is C18H27Cl2N5O2S. The van der Waals surface area contributed by atoms with Crippen LogP contribution in [0.25, 0.3) is 10.6 Å². The average Bonchev–Trinajstić information content (AvgIpc) is 2.97. The molecule has 0 radical (unpaired) electrons. The third kappa shape index (κ3) is 4.74. The monoisotopic (exact) mass is 447 g/mol. The van der Waals surface area contributed by atoms with Gasteiger partial charge in [-0.05, 0) is 45.2 Å². The van der Waals surface area contributed by atoms with Crippen molar-refractivity contribution >= 4 is 42.1 Å². The van der Waals surface area contributed by atoms with Gasteiger partial charge in [0.25, 0.3) is 11.5 Å². The summed E-state index contributed by atoms with van der Waals surface area (Å²) < 4.78 is 1.32. The van der Waals surface area contributed by atoms with Gasteiger partial charge in [-0.25, -0.2) is 9.67 Å². The summed E-state index contributed by atoms with van der Waals surface area (Å²) in [6.07, 6.45) is 1.05. The second kappa shape index (κ2) is 9.82. The van der Waals surface area contributed by atoms with Gasteiger partial charge in [0.05, 0.1) is 17.0 Å². The van der Waals surface area contributed by atoms with Crippen LogP contribution in [0.5, 0.6) is 0 Å². The summed E-state index contributed by atoms with van der Waals surface area (Å²) in [5, 5.41) is 11.2. The standard InChI is InChI=1S/C18H25N5O2S.2ClH/c1-9-6-7-19-8-13(9)21-16(24)15-12(4)20-17(26-15)14-10(2)11(3)22-23(5)18(14)25;;/h9,13,19H,6-8H2,1-5H3,(H,21,24);2*1H. The number of piperidine rings is 1. The lowest BCUT2D eigenvalue weighted by Gasteiger charge is -2.30. The van der Waals surface area contributed by atoms with E-state index in [-0.39, 0.29) is 42.3 Å². The van der Waals surface area contributed by atoms with E-state index in [2.05, 4.69) is 27.6 Å². The molecule has 2 unspecified atom stereocenters. The summed E-state index contributed by atoms with van der Waals surface area (Å²) in [6, 6.07) is 0.110. The Labute approximate surface area is 181 Å². The topological polar surface area (TPSA) is 88.9 Å². The van der Waals surface area contributed by atoms with Gasteiger partial charge >= 0.3 is 0 Å². The number of carbonyl (C=O) groups is 1. The van der Waals surface area contributed by atoms with Gasteiger partial charge in [0.2, 0.25) is 0 Å². The number of halogens is 2. The summed E-state index contributed by atoms with van der Waals surface area (Å²) in [4.78, 5) is 30.4. The van der Waals surface area contributed by atoms with Gasteiger partial charge in [0, 0.05) is 19.6 Å². The molecule has 3 heterocycles. The first kappa shape index (κ1) is 24.6. The van der Waals surface area contributed by atoms with E-state index in [0.717, 1.165) is 30.8 Å². The third-order valence-electron chi connectivity index (χ3n) is 5.09. The van der Waals surface area contributed by atoms with Gasteiger partial charge in [0.15, 0.2) is 0 Å². The number of hydrogen-bond acceptors (Lipinski definition) is 6. The number of hydrogen-bond donors (Lipinski definition) is 2. The van der Waals surface area contributed by atoms with Crippen LogP contribution in [-0.2, 0) is 7.05 Å². The molecule has 28 heavy (non-hydrogen) atoms. The fourth-order valence-corrected chi connectivity index (χ4v) is 4.29. The maximum atomic E-state index is 12.8. The molecule has 0 bridgehead atoms. The lowest BCUT2D eigenvalue weighted by molar-refractivity contribution is 0.0918. The van der Waals surface area contributed by atoms with Crippen molar-refractivity contribution in [3.05, 3.63) is 32.2 Å². The minimum atomic E-state index is -0.195. The van der Waals surface area contributed by atoms with Crippen molar-refractivity contribution in [2.75, 3.05) is 13.1 Å². The first-order valence-electron chi connectivity index (χ1n) is 8.83. The Morgan fingerprint density at radius 1 is 1.25 bits per heavy atom. The van der Waals surface area contributed by atoms with Gasteiger partial charge in [0.1, 0.15) is 9.88 Å². The maximum Gasteiger partial charge on any atom is 0.277 e. The van der Waals surface area contributed by atoms with Crippen molar-refractivity contribution in [2.45, 2.75) is 40.2 Å². The third-order valence-corrected chi connectivity index (χ3v) is 6.26. The molecule has 0 spiro atoms. The van der Waals surface area contributed by atoms with E-state index in [4.69, 9.17) is 0 Å². The second-order valence-corrected chi connectivity index (χ2v) is 8.00. The number of amides is 1. The fourth-order valence-electron chi connectivity index (χ4n) is 3.23. The predicted octanol–water partition coefficient (Wildman–Crippen LogP) is 2.40. The molecule has 1 aliphatic heterocycles. The molecule has 0 aliphatic carbocycles. The molecule has 1 amide bonds. The van der Waals surface area contributed by atoms with Crippen LogP contribution in [-0.4, -0.2) is 39.8 Å². The van der Waals surface area contributed by atoms with Crippen molar-refractivity contribution in [2.24, 2.45) is 13.0 Å². The zero-order valence-corrected chi connectivity index (χ0v) is 19.1. The molecule has 0 saturated carbocycles. The van der Waals surface area contributed by atoms with Crippen molar-refractivity contribution in [1.29, 1.82) is 0 Å². The highest BCUT2D eigenvalue weighted by Gasteiger charge is 2.26. The van der Waals surface area contributed by atoms with Crippen molar-refractivity contribution < 1.29 is 4.79 Å². The molecule has 10 heteroatoms. The average molecular weight is 448 g/mol. The summed E-state index contributed by atoms with van der Waals surface area (Å²) in [5.74, 6) is 0.317. The number of rotatable bonds is 3. The van der Waals surface area contributed by atoms with E-state index in [0.29, 0.717) is 27.1 Å². The summed E-state index contributed by atoms with van der Waals surface area (Å²) in [6.45, 7) is 9.46. The normalized spacial score (nSPS) is 18.8.